The smallest absolute Gasteiger partial charge is 0.212 e. The molecule has 29 heavy (non-hydrogen) atoms. The van der Waals surface area contributed by atoms with Crippen LogP contribution >= 0.6 is 0 Å². The third-order valence-corrected chi connectivity index (χ3v) is 6.45. The molecule has 3 nitrogen and oxygen atoms in total. The Kier molecular flexibility index (Phi) is 4.36. The first-order valence-electron chi connectivity index (χ1n) is 10.5. The molecule has 0 aliphatic heterocycles. The van der Waals surface area contributed by atoms with Crippen LogP contribution in [0.3, 0.4) is 0 Å². The molecule has 5 rings (SSSR count). The Labute approximate surface area is 171 Å². The molecule has 144 valence electrons. The molecular weight excluding hydrogens is 356 g/mol. The maximum atomic E-state index is 8.02. The van der Waals surface area contributed by atoms with E-state index in [9.17, 15) is 0 Å². The Bertz CT molecular complexity index is 1270. The molecule has 4 aromatic rings. The second kappa shape index (κ2) is 7.04. The van der Waals surface area contributed by atoms with Gasteiger partial charge in [-0.15, -0.1) is 0 Å². The lowest BCUT2D eigenvalue weighted by Crippen LogP contribution is -2.30. The summed E-state index contributed by atoms with van der Waals surface area (Å²) in [5, 5.41) is 2.03. The molecule has 1 fully saturated rings. The van der Waals surface area contributed by atoms with Crippen LogP contribution in [0.2, 0.25) is 0 Å². The van der Waals surface area contributed by atoms with E-state index >= 15 is 0 Å². The SMILES string of the molecule is [C-]#[N+]c1c(-c2cccc[n+]2C)c(C)cc2oc3ccc(C4CCCCC4)cc3c12. The predicted molar refractivity (Wildman–Crippen MR) is 117 cm³/mol. The number of hydrogen-bond donors (Lipinski definition) is 0. The zero-order valence-electron chi connectivity index (χ0n) is 17.0. The van der Waals surface area contributed by atoms with E-state index in [0.717, 1.165) is 38.8 Å². The van der Waals surface area contributed by atoms with Crippen molar-refractivity contribution in [1.29, 1.82) is 0 Å². The molecule has 0 spiro atoms. The van der Waals surface area contributed by atoms with Crippen LogP contribution in [0.5, 0.6) is 0 Å². The average Bonchev–Trinajstić information content (AvgIpc) is 3.11. The quantitative estimate of drug-likeness (QED) is 0.271. The molecule has 3 heteroatoms. The fourth-order valence-corrected chi connectivity index (χ4v) is 4.97. The molecule has 1 aliphatic carbocycles. The second-order valence-corrected chi connectivity index (χ2v) is 8.29. The first-order valence-corrected chi connectivity index (χ1v) is 10.5. The summed E-state index contributed by atoms with van der Waals surface area (Å²) in [5.74, 6) is 0.631. The lowest BCUT2D eigenvalue weighted by molar-refractivity contribution is -0.660. The monoisotopic (exact) mass is 381 g/mol. The summed E-state index contributed by atoms with van der Waals surface area (Å²) in [5.41, 5.74) is 6.89. The number of pyridine rings is 1. The van der Waals surface area contributed by atoms with Crippen LogP contribution in [-0.4, -0.2) is 0 Å². The maximum Gasteiger partial charge on any atom is 0.212 e. The van der Waals surface area contributed by atoms with Crippen molar-refractivity contribution < 1.29 is 8.98 Å². The standard InChI is InChI=1S/C26H25N2O/c1-17-15-23-25(26(27-2)24(17)21-11-7-8-14-28(21)3)20-16-19(12-13-22(20)29-23)18-9-5-4-6-10-18/h7-8,11-16,18H,4-6,9-10H2,1,3H3/q+1. The molecule has 0 N–H and O–H groups in total. The number of nitrogens with zero attached hydrogens (tertiary/aromatic N) is 2. The van der Waals surface area contributed by atoms with E-state index in [1.54, 1.807) is 0 Å². The molecule has 0 saturated heterocycles. The van der Waals surface area contributed by atoms with E-state index in [-0.39, 0.29) is 0 Å². The van der Waals surface area contributed by atoms with E-state index in [4.69, 9.17) is 11.0 Å². The predicted octanol–water partition coefficient (Wildman–Crippen LogP) is 6.98. The van der Waals surface area contributed by atoms with Crippen molar-refractivity contribution in [1.82, 2.24) is 0 Å². The normalized spacial score (nSPS) is 15.1. The van der Waals surface area contributed by atoms with Crippen molar-refractivity contribution in [2.75, 3.05) is 0 Å². The van der Waals surface area contributed by atoms with Gasteiger partial charge in [-0.1, -0.05) is 25.3 Å². The minimum Gasteiger partial charge on any atom is -0.457 e. The van der Waals surface area contributed by atoms with Crippen LogP contribution < -0.4 is 4.57 Å². The van der Waals surface area contributed by atoms with Gasteiger partial charge in [0.25, 0.3) is 0 Å². The Morgan fingerprint density at radius 3 is 2.62 bits per heavy atom. The highest BCUT2D eigenvalue weighted by Gasteiger charge is 2.24. The fourth-order valence-electron chi connectivity index (χ4n) is 4.97. The molecule has 0 radical (unpaired) electrons. The van der Waals surface area contributed by atoms with E-state index in [1.165, 1.54) is 37.7 Å². The first-order chi connectivity index (χ1) is 14.2. The zero-order chi connectivity index (χ0) is 20.0. The molecule has 0 bridgehead atoms. The summed E-state index contributed by atoms with van der Waals surface area (Å²) in [6.45, 7) is 10.1. The molecule has 0 unspecified atom stereocenters. The highest BCUT2D eigenvalue weighted by molar-refractivity contribution is 6.15. The Morgan fingerprint density at radius 1 is 1.03 bits per heavy atom. The maximum absolute atomic E-state index is 8.02. The number of aryl methyl sites for hydroxylation is 2. The van der Waals surface area contributed by atoms with Gasteiger partial charge in [-0.25, -0.2) is 9.41 Å². The van der Waals surface area contributed by atoms with Gasteiger partial charge in [0.1, 0.15) is 18.2 Å². The zero-order valence-corrected chi connectivity index (χ0v) is 17.0. The molecule has 2 aromatic carbocycles. The highest BCUT2D eigenvalue weighted by atomic mass is 16.3. The topological polar surface area (TPSA) is 21.4 Å². The summed E-state index contributed by atoms with van der Waals surface area (Å²) >= 11 is 0. The van der Waals surface area contributed by atoms with Gasteiger partial charge in [0, 0.05) is 22.9 Å². The van der Waals surface area contributed by atoms with E-state index in [2.05, 4.69) is 46.7 Å². The van der Waals surface area contributed by atoms with E-state index in [1.807, 2.05) is 25.4 Å². The summed E-state index contributed by atoms with van der Waals surface area (Å²) in [6, 6.07) is 14.8. The lowest BCUT2D eigenvalue weighted by Gasteiger charge is -2.21. The number of hydrogen-bond acceptors (Lipinski definition) is 1. The van der Waals surface area contributed by atoms with Gasteiger partial charge in [0.15, 0.2) is 6.20 Å². The molecular formula is C26H25N2O+. The van der Waals surface area contributed by atoms with Crippen LogP contribution in [0.25, 0.3) is 38.0 Å². The van der Waals surface area contributed by atoms with Crippen molar-refractivity contribution >= 4 is 27.6 Å². The molecule has 1 aliphatic rings. The van der Waals surface area contributed by atoms with Crippen molar-refractivity contribution in [3.8, 4) is 11.3 Å². The molecule has 1 saturated carbocycles. The van der Waals surface area contributed by atoms with Gasteiger partial charge in [0.2, 0.25) is 11.4 Å². The molecule has 0 atom stereocenters. The number of furan rings is 1. The Hall–Kier alpha value is -3.12. The number of benzene rings is 2. The van der Waals surface area contributed by atoms with E-state index in [0.29, 0.717) is 11.6 Å². The minimum atomic E-state index is 0.631. The van der Waals surface area contributed by atoms with Gasteiger partial charge >= 0.3 is 0 Å². The van der Waals surface area contributed by atoms with Crippen molar-refractivity contribution in [3.63, 3.8) is 0 Å². The average molecular weight is 381 g/mol. The molecule has 2 heterocycles. The van der Waals surface area contributed by atoms with Gasteiger partial charge in [-0.05, 0) is 61.1 Å². The van der Waals surface area contributed by atoms with E-state index < -0.39 is 0 Å². The minimum absolute atomic E-state index is 0.631. The summed E-state index contributed by atoms with van der Waals surface area (Å²) in [7, 11) is 2.03. The lowest BCUT2D eigenvalue weighted by atomic mass is 9.83. The van der Waals surface area contributed by atoms with Crippen LogP contribution in [0.1, 0.15) is 49.1 Å². The van der Waals surface area contributed by atoms with Crippen molar-refractivity contribution in [2.24, 2.45) is 7.05 Å². The Balaban J connectivity index is 1.80. The number of fused-ring (bicyclic) bond motifs is 3. The molecule has 0 amide bonds. The van der Waals surface area contributed by atoms with Crippen LogP contribution in [0.15, 0.2) is 53.1 Å². The summed E-state index contributed by atoms with van der Waals surface area (Å²) in [4.78, 5) is 4.02. The summed E-state index contributed by atoms with van der Waals surface area (Å²) in [6.07, 6.45) is 8.54. The first kappa shape index (κ1) is 17.9. The van der Waals surface area contributed by atoms with Crippen molar-refractivity contribution in [2.45, 2.75) is 44.9 Å². The van der Waals surface area contributed by atoms with Gasteiger partial charge < -0.3 is 4.42 Å². The molecule has 2 aromatic heterocycles. The van der Waals surface area contributed by atoms with Gasteiger partial charge in [-0.2, -0.15) is 0 Å². The number of aromatic nitrogens is 1. The van der Waals surface area contributed by atoms with Crippen LogP contribution in [0.4, 0.5) is 5.69 Å². The van der Waals surface area contributed by atoms with Crippen LogP contribution in [-0.2, 0) is 7.05 Å². The summed E-state index contributed by atoms with van der Waals surface area (Å²) < 4.78 is 8.27. The van der Waals surface area contributed by atoms with Gasteiger partial charge in [-0.3, -0.25) is 0 Å². The second-order valence-electron chi connectivity index (χ2n) is 8.29. The highest BCUT2D eigenvalue weighted by Crippen LogP contribution is 2.44. The fraction of sp³-hybridized carbons (Fsp3) is 0.308. The third-order valence-electron chi connectivity index (χ3n) is 6.45. The van der Waals surface area contributed by atoms with Gasteiger partial charge in [0.05, 0.1) is 12.1 Å². The number of rotatable bonds is 2. The third kappa shape index (κ3) is 2.91. The Morgan fingerprint density at radius 2 is 1.86 bits per heavy atom. The van der Waals surface area contributed by atoms with Crippen molar-refractivity contribution in [3.05, 3.63) is 71.2 Å². The largest absolute Gasteiger partial charge is 0.457 e. The van der Waals surface area contributed by atoms with Crippen LogP contribution in [0, 0.1) is 13.5 Å².